The minimum atomic E-state index is -0.190. The van der Waals surface area contributed by atoms with Crippen LogP contribution in [0, 0.1) is 6.92 Å². The molecule has 0 aliphatic carbocycles. The minimum absolute atomic E-state index is 0.190. The number of hydrogen-bond donors (Lipinski definition) is 2. The van der Waals surface area contributed by atoms with Crippen LogP contribution in [0.15, 0.2) is 36.5 Å². The maximum Gasteiger partial charge on any atom is 0.257 e. The number of rotatable bonds is 3. The van der Waals surface area contributed by atoms with E-state index in [0.717, 1.165) is 11.3 Å². The van der Waals surface area contributed by atoms with Crippen LogP contribution in [0.2, 0.25) is 5.02 Å². The van der Waals surface area contributed by atoms with Gasteiger partial charge in [-0.15, -0.1) is 0 Å². The second-order valence-corrected chi connectivity index (χ2v) is 4.48. The summed E-state index contributed by atoms with van der Waals surface area (Å²) in [6.45, 7) is 1.90. The SMILES string of the molecule is CNc1cccc(C(=O)Nc2ccc(Cl)cn2)c1C. The molecule has 0 aliphatic heterocycles. The Balaban J connectivity index is 2.23. The van der Waals surface area contributed by atoms with Crippen LogP contribution in [0.5, 0.6) is 0 Å². The standard InChI is InChI=1S/C14H14ClN3O/c1-9-11(4-3-5-12(9)16-2)14(19)18-13-7-6-10(15)8-17-13/h3-8,16H,1-2H3,(H,17,18,19). The van der Waals surface area contributed by atoms with Gasteiger partial charge in [-0.25, -0.2) is 4.98 Å². The van der Waals surface area contributed by atoms with Gasteiger partial charge in [0.05, 0.1) is 5.02 Å². The minimum Gasteiger partial charge on any atom is -0.388 e. The summed E-state index contributed by atoms with van der Waals surface area (Å²) < 4.78 is 0. The summed E-state index contributed by atoms with van der Waals surface area (Å²) in [4.78, 5) is 16.2. The third-order valence-electron chi connectivity index (χ3n) is 2.82. The Bertz CT molecular complexity index is 596. The lowest BCUT2D eigenvalue weighted by atomic mass is 10.1. The number of benzene rings is 1. The van der Waals surface area contributed by atoms with Crippen molar-refractivity contribution in [1.82, 2.24) is 4.98 Å². The number of nitrogens with zero attached hydrogens (tertiary/aromatic N) is 1. The second kappa shape index (κ2) is 5.71. The number of carbonyl (C=O) groups excluding carboxylic acids is 1. The van der Waals surface area contributed by atoms with Crippen LogP contribution in [0.1, 0.15) is 15.9 Å². The normalized spacial score (nSPS) is 10.1. The molecule has 0 fully saturated rings. The molecule has 0 atom stereocenters. The summed E-state index contributed by atoms with van der Waals surface area (Å²) in [5, 5.41) is 6.32. The molecule has 0 bridgehead atoms. The van der Waals surface area contributed by atoms with Gasteiger partial charge in [0.1, 0.15) is 5.82 Å². The first-order chi connectivity index (χ1) is 9.11. The molecule has 2 N–H and O–H groups in total. The average Bonchev–Trinajstić information content (AvgIpc) is 2.41. The molecule has 0 spiro atoms. The van der Waals surface area contributed by atoms with Crippen molar-refractivity contribution in [3.05, 3.63) is 52.7 Å². The van der Waals surface area contributed by atoms with Crippen LogP contribution < -0.4 is 10.6 Å². The zero-order chi connectivity index (χ0) is 13.8. The van der Waals surface area contributed by atoms with E-state index in [1.807, 2.05) is 26.1 Å². The van der Waals surface area contributed by atoms with Gasteiger partial charge in [-0.3, -0.25) is 4.79 Å². The third-order valence-corrected chi connectivity index (χ3v) is 3.04. The van der Waals surface area contributed by atoms with Gasteiger partial charge < -0.3 is 10.6 Å². The first-order valence-corrected chi connectivity index (χ1v) is 6.20. The fourth-order valence-electron chi connectivity index (χ4n) is 1.79. The summed E-state index contributed by atoms with van der Waals surface area (Å²) in [7, 11) is 1.82. The van der Waals surface area contributed by atoms with Crippen molar-refractivity contribution in [2.75, 3.05) is 17.7 Å². The molecule has 0 saturated heterocycles. The van der Waals surface area contributed by atoms with Crippen LogP contribution >= 0.6 is 11.6 Å². The van der Waals surface area contributed by atoms with E-state index < -0.39 is 0 Å². The van der Waals surface area contributed by atoms with Gasteiger partial charge in [-0.1, -0.05) is 17.7 Å². The fourth-order valence-corrected chi connectivity index (χ4v) is 1.90. The molecule has 2 aromatic rings. The number of aromatic nitrogens is 1. The van der Waals surface area contributed by atoms with Gasteiger partial charge in [0.25, 0.3) is 5.91 Å². The number of halogens is 1. The van der Waals surface area contributed by atoms with Crippen LogP contribution in [-0.4, -0.2) is 17.9 Å². The van der Waals surface area contributed by atoms with Gasteiger partial charge in [0.15, 0.2) is 0 Å². The van der Waals surface area contributed by atoms with E-state index in [-0.39, 0.29) is 5.91 Å². The Hall–Kier alpha value is -2.07. The van der Waals surface area contributed by atoms with Crippen molar-refractivity contribution in [2.24, 2.45) is 0 Å². The molecule has 0 unspecified atom stereocenters. The molecule has 4 nitrogen and oxygen atoms in total. The summed E-state index contributed by atoms with van der Waals surface area (Å²) in [6.07, 6.45) is 1.49. The van der Waals surface area contributed by atoms with E-state index >= 15 is 0 Å². The Kier molecular flexibility index (Phi) is 4.02. The predicted octanol–water partition coefficient (Wildman–Crippen LogP) is 3.34. The van der Waals surface area contributed by atoms with Gasteiger partial charge in [0.2, 0.25) is 0 Å². The molecular weight excluding hydrogens is 262 g/mol. The lowest BCUT2D eigenvalue weighted by Crippen LogP contribution is -2.14. The molecule has 1 aromatic heterocycles. The average molecular weight is 276 g/mol. The molecule has 0 saturated carbocycles. The summed E-state index contributed by atoms with van der Waals surface area (Å²) in [5.41, 5.74) is 2.44. The number of nitrogens with one attached hydrogen (secondary N) is 2. The number of anilines is 2. The number of amides is 1. The first-order valence-electron chi connectivity index (χ1n) is 5.82. The van der Waals surface area contributed by atoms with Crippen molar-refractivity contribution in [3.63, 3.8) is 0 Å². The molecule has 0 radical (unpaired) electrons. The highest BCUT2D eigenvalue weighted by Gasteiger charge is 2.11. The van der Waals surface area contributed by atoms with Gasteiger partial charge in [0, 0.05) is 24.5 Å². The Morgan fingerprint density at radius 1 is 1.26 bits per heavy atom. The van der Waals surface area contributed by atoms with Crippen molar-refractivity contribution in [2.45, 2.75) is 6.92 Å². The van der Waals surface area contributed by atoms with Crippen LogP contribution in [0.25, 0.3) is 0 Å². The lowest BCUT2D eigenvalue weighted by Gasteiger charge is -2.10. The van der Waals surface area contributed by atoms with Crippen molar-refractivity contribution >= 4 is 29.0 Å². The fraction of sp³-hybridized carbons (Fsp3) is 0.143. The van der Waals surface area contributed by atoms with Crippen LogP contribution in [0.3, 0.4) is 0 Å². The Labute approximate surface area is 116 Å². The monoisotopic (exact) mass is 275 g/mol. The number of pyridine rings is 1. The maximum atomic E-state index is 12.2. The molecule has 1 amide bonds. The largest absolute Gasteiger partial charge is 0.388 e. The molecule has 19 heavy (non-hydrogen) atoms. The van der Waals surface area contributed by atoms with Crippen molar-refractivity contribution < 1.29 is 4.79 Å². The van der Waals surface area contributed by atoms with E-state index in [0.29, 0.717) is 16.4 Å². The molecule has 2 rings (SSSR count). The summed E-state index contributed by atoms with van der Waals surface area (Å²) in [6, 6.07) is 8.88. The lowest BCUT2D eigenvalue weighted by molar-refractivity contribution is 0.102. The molecule has 98 valence electrons. The van der Waals surface area contributed by atoms with E-state index in [2.05, 4.69) is 15.6 Å². The highest BCUT2D eigenvalue weighted by molar-refractivity contribution is 6.30. The van der Waals surface area contributed by atoms with Crippen molar-refractivity contribution in [1.29, 1.82) is 0 Å². The maximum absolute atomic E-state index is 12.2. The molecular formula is C14H14ClN3O. The first kappa shape index (κ1) is 13.4. The summed E-state index contributed by atoms with van der Waals surface area (Å²) >= 11 is 5.75. The van der Waals surface area contributed by atoms with Gasteiger partial charge >= 0.3 is 0 Å². The smallest absolute Gasteiger partial charge is 0.257 e. The van der Waals surface area contributed by atoms with Crippen LogP contribution in [-0.2, 0) is 0 Å². The second-order valence-electron chi connectivity index (χ2n) is 4.04. The van der Waals surface area contributed by atoms with E-state index in [1.54, 1.807) is 18.2 Å². The van der Waals surface area contributed by atoms with E-state index in [9.17, 15) is 4.79 Å². The summed E-state index contributed by atoms with van der Waals surface area (Å²) in [5.74, 6) is 0.285. The van der Waals surface area contributed by atoms with E-state index in [1.165, 1.54) is 6.20 Å². The predicted molar refractivity (Wildman–Crippen MR) is 77.9 cm³/mol. The number of hydrogen-bond acceptors (Lipinski definition) is 3. The van der Waals surface area contributed by atoms with Gasteiger partial charge in [-0.05, 0) is 36.8 Å². The van der Waals surface area contributed by atoms with Crippen LogP contribution in [0.4, 0.5) is 11.5 Å². The highest BCUT2D eigenvalue weighted by atomic mass is 35.5. The quantitative estimate of drug-likeness (QED) is 0.903. The zero-order valence-corrected chi connectivity index (χ0v) is 11.5. The highest BCUT2D eigenvalue weighted by Crippen LogP contribution is 2.19. The molecule has 1 heterocycles. The Morgan fingerprint density at radius 2 is 2.05 bits per heavy atom. The molecule has 5 heteroatoms. The topological polar surface area (TPSA) is 54.0 Å². The van der Waals surface area contributed by atoms with Crippen molar-refractivity contribution in [3.8, 4) is 0 Å². The Morgan fingerprint density at radius 3 is 2.68 bits per heavy atom. The molecule has 0 aliphatic rings. The van der Waals surface area contributed by atoms with E-state index in [4.69, 9.17) is 11.6 Å². The number of carbonyl (C=O) groups is 1. The molecule has 1 aromatic carbocycles. The third kappa shape index (κ3) is 3.03. The van der Waals surface area contributed by atoms with Gasteiger partial charge in [-0.2, -0.15) is 0 Å². The zero-order valence-electron chi connectivity index (χ0n) is 10.7.